The minimum Gasteiger partial charge on any atom is -0.497 e. The van der Waals surface area contributed by atoms with E-state index in [0.717, 1.165) is 37.4 Å². The van der Waals surface area contributed by atoms with Crippen LogP contribution in [0.4, 0.5) is 5.69 Å². The van der Waals surface area contributed by atoms with E-state index >= 15 is 0 Å². The molecule has 1 amide bonds. The summed E-state index contributed by atoms with van der Waals surface area (Å²) < 4.78 is 5.17. The highest BCUT2D eigenvalue weighted by Gasteiger charge is 2.23. The van der Waals surface area contributed by atoms with Gasteiger partial charge in [-0.1, -0.05) is 30.3 Å². The molecule has 6 nitrogen and oxygen atoms in total. The number of nitrogens with one attached hydrogen (secondary N) is 2. The molecule has 0 radical (unpaired) electrons. The molecule has 0 aliphatic carbocycles. The van der Waals surface area contributed by atoms with Gasteiger partial charge in [0.05, 0.1) is 13.7 Å². The Morgan fingerprint density at radius 3 is 2.61 bits per heavy atom. The molecule has 0 atom stereocenters. The molecule has 1 aliphatic rings. The van der Waals surface area contributed by atoms with Crippen LogP contribution in [0.5, 0.6) is 5.75 Å². The average molecular weight is 494 g/mol. The average Bonchev–Trinajstić information content (AvgIpc) is 3.15. The van der Waals surface area contributed by atoms with Gasteiger partial charge >= 0.3 is 0 Å². The van der Waals surface area contributed by atoms with Gasteiger partial charge in [-0.2, -0.15) is 0 Å². The summed E-state index contributed by atoms with van der Waals surface area (Å²) in [5, 5.41) is 6.36. The maximum absolute atomic E-state index is 12.6. The molecule has 0 spiro atoms. The SMILES string of the molecule is CN=C(NCCc1ccc(OC)cc1)NCC(=O)N1CCc2ccccc21.I. The van der Waals surface area contributed by atoms with E-state index in [1.54, 1.807) is 14.2 Å². The molecule has 150 valence electrons. The summed E-state index contributed by atoms with van der Waals surface area (Å²) in [4.78, 5) is 18.6. The van der Waals surface area contributed by atoms with Crippen LogP contribution in [0.15, 0.2) is 53.5 Å². The van der Waals surface area contributed by atoms with Gasteiger partial charge in [-0.3, -0.25) is 9.79 Å². The van der Waals surface area contributed by atoms with Crippen molar-refractivity contribution >= 4 is 41.5 Å². The van der Waals surface area contributed by atoms with Gasteiger partial charge in [-0.25, -0.2) is 0 Å². The number of para-hydroxylation sites is 1. The van der Waals surface area contributed by atoms with Crippen LogP contribution in [0.2, 0.25) is 0 Å². The van der Waals surface area contributed by atoms with Crippen LogP contribution < -0.4 is 20.3 Å². The zero-order valence-electron chi connectivity index (χ0n) is 16.3. The Morgan fingerprint density at radius 1 is 1.14 bits per heavy atom. The molecule has 0 bridgehead atoms. The fourth-order valence-electron chi connectivity index (χ4n) is 3.19. The van der Waals surface area contributed by atoms with Gasteiger partial charge in [0.2, 0.25) is 5.91 Å². The van der Waals surface area contributed by atoms with Crippen LogP contribution >= 0.6 is 24.0 Å². The summed E-state index contributed by atoms with van der Waals surface area (Å²) in [7, 11) is 3.37. The van der Waals surface area contributed by atoms with Crippen LogP contribution in [0, 0.1) is 0 Å². The molecule has 1 aliphatic heterocycles. The predicted octanol–water partition coefficient (Wildman–Crippen LogP) is 2.61. The third-order valence-electron chi connectivity index (χ3n) is 4.68. The summed E-state index contributed by atoms with van der Waals surface area (Å²) in [5.74, 6) is 1.54. The number of carbonyl (C=O) groups excluding carboxylic acids is 1. The molecule has 1 heterocycles. The lowest BCUT2D eigenvalue weighted by atomic mass is 10.1. The maximum Gasteiger partial charge on any atom is 0.246 e. The van der Waals surface area contributed by atoms with Gasteiger partial charge in [-0.15, -0.1) is 24.0 Å². The highest BCUT2D eigenvalue weighted by Crippen LogP contribution is 2.27. The standard InChI is InChI=1S/C21H26N4O2.HI/c1-22-21(23-13-11-16-7-9-18(27-2)10-8-16)24-15-20(26)25-14-12-17-5-3-4-6-19(17)25;/h3-10H,11-15H2,1-2H3,(H2,22,23,24);1H. The van der Waals surface area contributed by atoms with Crippen molar-refractivity contribution < 1.29 is 9.53 Å². The van der Waals surface area contributed by atoms with Crippen molar-refractivity contribution in [2.45, 2.75) is 12.8 Å². The Labute approximate surface area is 183 Å². The second-order valence-electron chi connectivity index (χ2n) is 6.37. The highest BCUT2D eigenvalue weighted by molar-refractivity contribution is 14.0. The van der Waals surface area contributed by atoms with E-state index < -0.39 is 0 Å². The quantitative estimate of drug-likeness (QED) is 0.368. The van der Waals surface area contributed by atoms with Crippen molar-refractivity contribution in [2.75, 3.05) is 38.7 Å². The first kappa shape index (κ1) is 22.0. The molecular weight excluding hydrogens is 467 g/mol. The molecule has 0 saturated heterocycles. The number of fused-ring (bicyclic) bond motifs is 1. The van der Waals surface area contributed by atoms with E-state index in [2.05, 4.69) is 21.7 Å². The second kappa shape index (κ2) is 10.9. The van der Waals surface area contributed by atoms with E-state index in [0.29, 0.717) is 5.96 Å². The van der Waals surface area contributed by atoms with Crippen molar-refractivity contribution in [3.8, 4) is 5.75 Å². The van der Waals surface area contributed by atoms with Crippen molar-refractivity contribution in [3.63, 3.8) is 0 Å². The molecule has 3 rings (SSSR count). The van der Waals surface area contributed by atoms with Crippen LogP contribution in [0.1, 0.15) is 11.1 Å². The first-order valence-electron chi connectivity index (χ1n) is 9.17. The molecule has 7 heteroatoms. The van der Waals surface area contributed by atoms with Crippen molar-refractivity contribution in [1.29, 1.82) is 0 Å². The number of anilines is 1. The Balaban J connectivity index is 0.00000280. The Bertz CT molecular complexity index is 808. The third-order valence-corrected chi connectivity index (χ3v) is 4.68. The zero-order chi connectivity index (χ0) is 19.1. The number of amides is 1. The number of hydrogen-bond donors (Lipinski definition) is 2. The zero-order valence-corrected chi connectivity index (χ0v) is 18.6. The largest absolute Gasteiger partial charge is 0.497 e. The van der Waals surface area contributed by atoms with Crippen molar-refractivity contribution in [2.24, 2.45) is 4.99 Å². The number of rotatable bonds is 6. The summed E-state index contributed by atoms with van der Waals surface area (Å²) in [6, 6.07) is 16.1. The minimum atomic E-state index is 0. The number of guanidine groups is 1. The number of benzene rings is 2. The Hall–Kier alpha value is -2.29. The van der Waals surface area contributed by atoms with Gasteiger partial charge in [0, 0.05) is 25.8 Å². The van der Waals surface area contributed by atoms with E-state index in [-0.39, 0.29) is 36.4 Å². The van der Waals surface area contributed by atoms with Crippen LogP contribution in [0.3, 0.4) is 0 Å². The first-order valence-corrected chi connectivity index (χ1v) is 9.17. The number of ether oxygens (including phenoxy) is 1. The van der Waals surface area contributed by atoms with Gasteiger partial charge in [0.25, 0.3) is 0 Å². The number of aliphatic imine (C=N–C) groups is 1. The molecule has 0 unspecified atom stereocenters. The van der Waals surface area contributed by atoms with Crippen LogP contribution in [-0.2, 0) is 17.6 Å². The van der Waals surface area contributed by atoms with Gasteiger partial charge < -0.3 is 20.3 Å². The fourth-order valence-corrected chi connectivity index (χ4v) is 3.19. The molecule has 28 heavy (non-hydrogen) atoms. The second-order valence-corrected chi connectivity index (χ2v) is 6.37. The monoisotopic (exact) mass is 494 g/mol. The predicted molar refractivity (Wildman–Crippen MR) is 124 cm³/mol. The molecule has 0 saturated carbocycles. The van der Waals surface area contributed by atoms with Gasteiger partial charge in [0.15, 0.2) is 5.96 Å². The lowest BCUT2D eigenvalue weighted by molar-refractivity contribution is -0.117. The smallest absolute Gasteiger partial charge is 0.246 e. The van der Waals surface area contributed by atoms with E-state index in [4.69, 9.17) is 4.74 Å². The minimum absolute atomic E-state index is 0. The summed E-state index contributed by atoms with van der Waals surface area (Å²) in [6.07, 6.45) is 1.77. The first-order chi connectivity index (χ1) is 13.2. The number of nitrogens with zero attached hydrogens (tertiary/aromatic N) is 2. The van der Waals surface area contributed by atoms with E-state index in [1.807, 2.05) is 47.4 Å². The van der Waals surface area contributed by atoms with Crippen molar-refractivity contribution in [3.05, 3.63) is 59.7 Å². The number of carbonyl (C=O) groups is 1. The highest BCUT2D eigenvalue weighted by atomic mass is 127. The molecule has 2 aromatic rings. The normalized spacial score (nSPS) is 12.8. The summed E-state index contributed by atoms with van der Waals surface area (Å²) in [5.41, 5.74) is 3.46. The molecule has 2 aromatic carbocycles. The summed E-state index contributed by atoms with van der Waals surface area (Å²) >= 11 is 0. The van der Waals surface area contributed by atoms with Crippen LogP contribution in [0.25, 0.3) is 0 Å². The molecular formula is C21H27IN4O2. The fraction of sp³-hybridized carbons (Fsp3) is 0.333. The number of hydrogen-bond acceptors (Lipinski definition) is 3. The Morgan fingerprint density at radius 2 is 1.89 bits per heavy atom. The van der Waals surface area contributed by atoms with Crippen molar-refractivity contribution in [1.82, 2.24) is 10.6 Å². The van der Waals surface area contributed by atoms with E-state index in [1.165, 1.54) is 11.1 Å². The van der Waals surface area contributed by atoms with E-state index in [9.17, 15) is 4.79 Å². The van der Waals surface area contributed by atoms with Gasteiger partial charge in [-0.05, 0) is 42.2 Å². The maximum atomic E-state index is 12.6. The summed E-state index contributed by atoms with van der Waals surface area (Å²) in [6.45, 7) is 1.69. The van der Waals surface area contributed by atoms with Crippen LogP contribution in [-0.4, -0.2) is 45.7 Å². The Kier molecular flexibility index (Phi) is 8.56. The number of halogens is 1. The molecule has 0 fully saturated rings. The number of methoxy groups -OCH3 is 1. The van der Waals surface area contributed by atoms with Gasteiger partial charge in [0.1, 0.15) is 5.75 Å². The lowest BCUT2D eigenvalue weighted by Gasteiger charge is -2.18. The molecule has 2 N–H and O–H groups in total. The third kappa shape index (κ3) is 5.60. The molecule has 0 aromatic heterocycles. The lowest BCUT2D eigenvalue weighted by Crippen LogP contribution is -2.44. The topological polar surface area (TPSA) is 66.0 Å².